The monoisotopic (exact) mass is 420 g/mol. The molecule has 0 aliphatic heterocycles. The number of nitrogens with one attached hydrogen (secondary N) is 2. The first kappa shape index (κ1) is 21.0. The van der Waals surface area contributed by atoms with Crippen molar-refractivity contribution in [2.45, 2.75) is 20.3 Å². The minimum absolute atomic E-state index is 0.0904. The highest BCUT2D eigenvalue weighted by Gasteiger charge is 2.15. The molecule has 0 unspecified atom stereocenters. The van der Waals surface area contributed by atoms with Crippen LogP contribution in [0.15, 0.2) is 48.5 Å². The number of carbonyl (C=O) groups is 2. The molecule has 1 aromatic heterocycles. The fourth-order valence-corrected chi connectivity index (χ4v) is 3.68. The first-order chi connectivity index (χ1) is 14.5. The molecule has 2 N–H and O–H groups in total. The van der Waals surface area contributed by atoms with Gasteiger partial charge in [0, 0.05) is 10.4 Å². The van der Waals surface area contributed by atoms with Gasteiger partial charge in [0.15, 0.2) is 6.61 Å². The molecule has 0 aliphatic carbocycles. The molecule has 0 saturated heterocycles. The van der Waals surface area contributed by atoms with E-state index in [1.807, 2.05) is 44.2 Å². The van der Waals surface area contributed by atoms with Crippen molar-refractivity contribution < 1.29 is 14.3 Å². The molecule has 1 heterocycles. The molecule has 0 atom stereocenters. The number of amides is 2. The van der Waals surface area contributed by atoms with Gasteiger partial charge in [0.2, 0.25) is 5.91 Å². The zero-order valence-corrected chi connectivity index (χ0v) is 17.4. The summed E-state index contributed by atoms with van der Waals surface area (Å²) in [6, 6.07) is 16.5. The van der Waals surface area contributed by atoms with Gasteiger partial charge < -0.3 is 4.74 Å². The number of thiazole rings is 1. The lowest BCUT2D eigenvalue weighted by atomic mass is 10.1. The predicted octanol–water partition coefficient (Wildman–Crippen LogP) is 3.07. The summed E-state index contributed by atoms with van der Waals surface area (Å²) in [5, 5.41) is 9.89. The molecule has 30 heavy (non-hydrogen) atoms. The average Bonchev–Trinajstić information content (AvgIpc) is 3.11. The zero-order chi connectivity index (χ0) is 21.5. The van der Waals surface area contributed by atoms with Crippen molar-refractivity contribution in [3.8, 4) is 23.1 Å². The fourth-order valence-electron chi connectivity index (χ4n) is 2.72. The van der Waals surface area contributed by atoms with Gasteiger partial charge in [0.1, 0.15) is 11.8 Å². The predicted molar refractivity (Wildman–Crippen MR) is 114 cm³/mol. The van der Waals surface area contributed by atoms with Gasteiger partial charge in [0.05, 0.1) is 22.7 Å². The van der Waals surface area contributed by atoms with Crippen LogP contribution < -0.4 is 15.6 Å². The van der Waals surface area contributed by atoms with Gasteiger partial charge in [-0.15, -0.1) is 11.3 Å². The van der Waals surface area contributed by atoms with Crippen molar-refractivity contribution in [2.24, 2.45) is 0 Å². The molecular formula is C22H20N4O3S. The van der Waals surface area contributed by atoms with Gasteiger partial charge in [-0.25, -0.2) is 4.98 Å². The largest absolute Gasteiger partial charge is 0.482 e. The van der Waals surface area contributed by atoms with Crippen LogP contribution in [-0.4, -0.2) is 23.4 Å². The third kappa shape index (κ3) is 5.43. The summed E-state index contributed by atoms with van der Waals surface area (Å²) in [5.41, 5.74) is 7.91. The summed E-state index contributed by atoms with van der Waals surface area (Å²) in [6.07, 6.45) is 0.0904. The number of hydrogen-bond donors (Lipinski definition) is 2. The lowest BCUT2D eigenvalue weighted by Gasteiger charge is -2.09. The van der Waals surface area contributed by atoms with E-state index in [1.54, 1.807) is 24.3 Å². The molecule has 2 amide bonds. The summed E-state index contributed by atoms with van der Waals surface area (Å²) in [6.45, 7) is 3.57. The number of hydrazine groups is 1. The summed E-state index contributed by atoms with van der Waals surface area (Å²) >= 11 is 1.45. The molecule has 2 aromatic carbocycles. The van der Waals surface area contributed by atoms with E-state index in [-0.39, 0.29) is 18.9 Å². The van der Waals surface area contributed by atoms with Crippen LogP contribution in [0.3, 0.4) is 0 Å². The first-order valence-corrected chi connectivity index (χ1v) is 10.0. The summed E-state index contributed by atoms with van der Waals surface area (Å²) in [4.78, 5) is 29.6. The normalized spacial score (nSPS) is 10.2. The van der Waals surface area contributed by atoms with Crippen molar-refractivity contribution in [1.82, 2.24) is 15.8 Å². The van der Waals surface area contributed by atoms with Crippen LogP contribution >= 0.6 is 11.3 Å². The van der Waals surface area contributed by atoms with Gasteiger partial charge in [-0.1, -0.05) is 42.0 Å². The second-order valence-corrected chi connectivity index (χ2v) is 7.83. The molecule has 0 spiro atoms. The van der Waals surface area contributed by atoms with Crippen molar-refractivity contribution in [2.75, 3.05) is 6.61 Å². The topological polar surface area (TPSA) is 104 Å². The maximum Gasteiger partial charge on any atom is 0.276 e. The van der Waals surface area contributed by atoms with Crippen LogP contribution in [0.25, 0.3) is 11.3 Å². The van der Waals surface area contributed by atoms with Gasteiger partial charge in [-0.3, -0.25) is 20.4 Å². The van der Waals surface area contributed by atoms with Crippen LogP contribution in [0.1, 0.15) is 21.0 Å². The van der Waals surface area contributed by atoms with E-state index < -0.39 is 5.91 Å². The van der Waals surface area contributed by atoms with Crippen LogP contribution in [0.2, 0.25) is 0 Å². The Morgan fingerprint density at radius 2 is 1.77 bits per heavy atom. The summed E-state index contributed by atoms with van der Waals surface area (Å²) < 4.78 is 5.34. The second kappa shape index (κ2) is 9.67. The molecule has 8 heteroatoms. The zero-order valence-electron chi connectivity index (χ0n) is 16.6. The average molecular weight is 420 g/mol. The Balaban J connectivity index is 1.54. The number of ether oxygens (including phenoxy) is 1. The first-order valence-electron chi connectivity index (χ1n) is 9.19. The number of rotatable bonds is 6. The number of nitriles is 1. The van der Waals surface area contributed by atoms with Crippen molar-refractivity contribution in [1.29, 1.82) is 5.26 Å². The van der Waals surface area contributed by atoms with E-state index >= 15 is 0 Å². The number of benzene rings is 2. The quantitative estimate of drug-likeness (QED) is 0.597. The summed E-state index contributed by atoms with van der Waals surface area (Å²) in [7, 11) is 0. The Bertz CT molecular complexity index is 1100. The number of para-hydroxylation sites is 1. The van der Waals surface area contributed by atoms with Crippen molar-refractivity contribution in [3.63, 3.8) is 0 Å². The Kier molecular flexibility index (Phi) is 6.78. The minimum Gasteiger partial charge on any atom is -0.482 e. The van der Waals surface area contributed by atoms with Gasteiger partial charge >= 0.3 is 0 Å². The number of aromatic nitrogens is 1. The Hall–Kier alpha value is -3.70. The lowest BCUT2D eigenvalue weighted by Crippen LogP contribution is -2.44. The molecule has 0 bridgehead atoms. The van der Waals surface area contributed by atoms with Crippen LogP contribution in [-0.2, 0) is 16.0 Å². The van der Waals surface area contributed by atoms with E-state index in [4.69, 9.17) is 10.00 Å². The molecule has 3 rings (SSSR count). The van der Waals surface area contributed by atoms with Crippen LogP contribution in [0, 0.1) is 25.2 Å². The van der Waals surface area contributed by atoms with Crippen LogP contribution in [0.4, 0.5) is 0 Å². The Labute approximate surface area is 178 Å². The Morgan fingerprint density at radius 1 is 1.07 bits per heavy atom. The molecule has 0 fully saturated rings. The van der Waals surface area contributed by atoms with Crippen LogP contribution in [0.5, 0.6) is 5.75 Å². The molecule has 152 valence electrons. The maximum absolute atomic E-state index is 12.3. The maximum atomic E-state index is 12.3. The third-order valence-corrected chi connectivity index (χ3v) is 5.13. The second-order valence-electron chi connectivity index (χ2n) is 6.54. The van der Waals surface area contributed by atoms with Crippen molar-refractivity contribution >= 4 is 23.2 Å². The van der Waals surface area contributed by atoms with Gasteiger partial charge in [-0.05, 0) is 26.0 Å². The standard InChI is InChI=1S/C22H20N4O3S/c1-14-7-9-16(10-8-14)22-19(30-15(2)24-22)11-20(27)25-26-21(28)13-29-18-6-4-3-5-17(18)12-23/h3-10H,11,13H2,1-2H3,(H,25,27)(H,26,28). The molecular weight excluding hydrogens is 400 g/mol. The smallest absolute Gasteiger partial charge is 0.276 e. The van der Waals surface area contributed by atoms with E-state index in [1.165, 1.54) is 11.3 Å². The van der Waals surface area contributed by atoms with Gasteiger partial charge in [-0.2, -0.15) is 5.26 Å². The SMILES string of the molecule is Cc1ccc(-c2nc(C)sc2CC(=O)NNC(=O)COc2ccccc2C#N)cc1. The van der Waals surface area contributed by atoms with E-state index in [2.05, 4.69) is 15.8 Å². The molecule has 0 radical (unpaired) electrons. The van der Waals surface area contributed by atoms with E-state index in [0.29, 0.717) is 11.3 Å². The lowest BCUT2D eigenvalue weighted by molar-refractivity contribution is -0.129. The molecule has 7 nitrogen and oxygen atoms in total. The number of hydrogen-bond acceptors (Lipinski definition) is 6. The number of carbonyl (C=O) groups excluding carboxylic acids is 2. The van der Waals surface area contributed by atoms with E-state index in [0.717, 1.165) is 26.7 Å². The Morgan fingerprint density at radius 3 is 2.50 bits per heavy atom. The number of nitrogens with zero attached hydrogens (tertiary/aromatic N) is 2. The van der Waals surface area contributed by atoms with Crippen molar-refractivity contribution in [3.05, 3.63) is 69.5 Å². The third-order valence-electron chi connectivity index (χ3n) is 4.16. The fraction of sp³-hybridized carbons (Fsp3) is 0.182. The minimum atomic E-state index is -0.532. The highest BCUT2D eigenvalue weighted by Crippen LogP contribution is 2.28. The van der Waals surface area contributed by atoms with E-state index in [9.17, 15) is 9.59 Å². The highest BCUT2D eigenvalue weighted by atomic mass is 32.1. The van der Waals surface area contributed by atoms with Gasteiger partial charge in [0.25, 0.3) is 5.91 Å². The number of aryl methyl sites for hydroxylation is 2. The molecule has 0 saturated carbocycles. The summed E-state index contributed by atoms with van der Waals surface area (Å²) in [5.74, 6) is -0.586. The molecule has 3 aromatic rings. The molecule has 0 aliphatic rings. The highest BCUT2D eigenvalue weighted by molar-refractivity contribution is 7.12.